The quantitative estimate of drug-likeness (QED) is 0.596. The van der Waals surface area contributed by atoms with Crippen LogP contribution in [0.2, 0.25) is 0 Å². The van der Waals surface area contributed by atoms with E-state index in [1.165, 1.54) is 0 Å². The van der Waals surface area contributed by atoms with E-state index in [1.807, 2.05) is 24.3 Å². The second kappa shape index (κ2) is 7.11. The molecule has 5 nitrogen and oxygen atoms in total. The molecule has 0 spiro atoms. The third kappa shape index (κ3) is 3.13. The van der Waals surface area contributed by atoms with Gasteiger partial charge in [0.15, 0.2) is 5.92 Å². The lowest BCUT2D eigenvalue weighted by atomic mass is 9.93. The Kier molecular flexibility index (Phi) is 5.20. The number of benzene rings is 1. The summed E-state index contributed by atoms with van der Waals surface area (Å²) in [4.78, 5) is 24.4. The van der Waals surface area contributed by atoms with Crippen LogP contribution in [-0.4, -0.2) is 32.3 Å². The minimum atomic E-state index is -1.03. The molecular weight excluding hydrogens is 284 g/mol. The van der Waals surface area contributed by atoms with Crippen molar-refractivity contribution >= 4 is 17.5 Å². The Morgan fingerprint density at radius 2 is 1.77 bits per heavy atom. The van der Waals surface area contributed by atoms with Gasteiger partial charge in [-0.3, -0.25) is 9.59 Å². The maximum absolute atomic E-state index is 12.2. The third-order valence-corrected chi connectivity index (χ3v) is 3.52. The highest BCUT2D eigenvalue weighted by atomic mass is 16.6. The van der Waals surface area contributed by atoms with E-state index in [1.54, 1.807) is 21.0 Å². The number of carbonyl (C=O) groups excluding carboxylic acids is 2. The average molecular weight is 304 g/mol. The zero-order valence-corrected chi connectivity index (χ0v) is 13.0. The fraction of sp³-hybridized carbons (Fsp3) is 0.412. The molecule has 0 unspecified atom stereocenters. The largest absolute Gasteiger partial charge is 0.497 e. The maximum atomic E-state index is 12.2. The second-order valence-electron chi connectivity index (χ2n) is 4.82. The number of hydrogen-bond acceptors (Lipinski definition) is 5. The van der Waals surface area contributed by atoms with Crippen molar-refractivity contribution in [3.63, 3.8) is 0 Å². The van der Waals surface area contributed by atoms with Crippen molar-refractivity contribution in [2.75, 3.05) is 20.3 Å². The lowest BCUT2D eigenvalue weighted by Gasteiger charge is -2.17. The van der Waals surface area contributed by atoms with E-state index < -0.39 is 17.9 Å². The van der Waals surface area contributed by atoms with Gasteiger partial charge >= 0.3 is 11.9 Å². The topological polar surface area (TPSA) is 61.8 Å². The molecule has 22 heavy (non-hydrogen) atoms. The van der Waals surface area contributed by atoms with E-state index in [0.29, 0.717) is 12.0 Å². The molecule has 1 aliphatic carbocycles. The van der Waals surface area contributed by atoms with Crippen molar-refractivity contribution in [3.05, 3.63) is 35.4 Å². The Hall–Kier alpha value is -2.30. The third-order valence-electron chi connectivity index (χ3n) is 3.52. The lowest BCUT2D eigenvalue weighted by Crippen LogP contribution is -2.29. The van der Waals surface area contributed by atoms with Crippen LogP contribution in [0.15, 0.2) is 24.3 Å². The summed E-state index contributed by atoms with van der Waals surface area (Å²) >= 11 is 0. The average Bonchev–Trinajstić information content (AvgIpc) is 2.91. The number of methoxy groups -OCH3 is 1. The Morgan fingerprint density at radius 1 is 1.14 bits per heavy atom. The first-order valence-corrected chi connectivity index (χ1v) is 7.32. The molecule has 0 aromatic heterocycles. The molecule has 0 amide bonds. The molecule has 0 bridgehead atoms. The van der Waals surface area contributed by atoms with Gasteiger partial charge in [-0.25, -0.2) is 0 Å². The minimum Gasteiger partial charge on any atom is -0.497 e. The van der Waals surface area contributed by atoms with Gasteiger partial charge in [0.05, 0.1) is 20.3 Å². The number of allylic oxidation sites excluding steroid dienone is 1. The molecule has 0 fully saturated rings. The zero-order chi connectivity index (χ0) is 16.1. The molecule has 0 atom stereocenters. The van der Waals surface area contributed by atoms with E-state index in [2.05, 4.69) is 0 Å². The van der Waals surface area contributed by atoms with Gasteiger partial charge in [-0.05, 0) is 49.1 Å². The predicted molar refractivity (Wildman–Crippen MR) is 81.4 cm³/mol. The number of hydrogen-bond donors (Lipinski definition) is 0. The van der Waals surface area contributed by atoms with Gasteiger partial charge in [-0.1, -0.05) is 12.1 Å². The Bertz CT molecular complexity index is 585. The Balaban J connectivity index is 2.34. The van der Waals surface area contributed by atoms with Crippen LogP contribution in [0.3, 0.4) is 0 Å². The van der Waals surface area contributed by atoms with Gasteiger partial charge in [-0.15, -0.1) is 0 Å². The van der Waals surface area contributed by atoms with E-state index >= 15 is 0 Å². The van der Waals surface area contributed by atoms with Crippen molar-refractivity contribution in [3.8, 4) is 5.75 Å². The highest BCUT2D eigenvalue weighted by molar-refractivity contribution is 6.07. The van der Waals surface area contributed by atoms with E-state index in [0.717, 1.165) is 16.9 Å². The van der Waals surface area contributed by atoms with Crippen LogP contribution in [0.4, 0.5) is 0 Å². The molecule has 1 aromatic carbocycles. The van der Waals surface area contributed by atoms with Crippen LogP contribution in [0.25, 0.3) is 5.57 Å². The van der Waals surface area contributed by atoms with Gasteiger partial charge in [0.1, 0.15) is 5.75 Å². The van der Waals surface area contributed by atoms with Gasteiger partial charge in [-0.2, -0.15) is 0 Å². The van der Waals surface area contributed by atoms with Crippen LogP contribution in [0.5, 0.6) is 5.75 Å². The van der Waals surface area contributed by atoms with Crippen molar-refractivity contribution in [1.82, 2.24) is 0 Å². The molecule has 0 radical (unpaired) electrons. The molecule has 5 heteroatoms. The normalized spacial score (nSPS) is 12.6. The van der Waals surface area contributed by atoms with Crippen molar-refractivity contribution in [2.45, 2.75) is 20.3 Å². The van der Waals surface area contributed by atoms with E-state index in [-0.39, 0.29) is 13.2 Å². The van der Waals surface area contributed by atoms with Gasteiger partial charge < -0.3 is 14.2 Å². The molecule has 1 aliphatic rings. The molecule has 0 heterocycles. The van der Waals surface area contributed by atoms with Gasteiger partial charge in [0, 0.05) is 0 Å². The highest BCUT2D eigenvalue weighted by Crippen LogP contribution is 2.36. The SMILES string of the molecule is CCOC(=O)C(C(=O)OCC)C1=CCc2cc(OC)ccc21. The standard InChI is InChI=1S/C17H20O5/c1-4-21-16(18)15(17(19)22-5-2)14-8-6-11-10-12(20-3)7-9-13(11)14/h7-10,15H,4-6H2,1-3H3. The van der Waals surface area contributed by atoms with Gasteiger partial charge in [0.25, 0.3) is 0 Å². The van der Waals surface area contributed by atoms with Crippen molar-refractivity contribution in [2.24, 2.45) is 5.92 Å². The highest BCUT2D eigenvalue weighted by Gasteiger charge is 2.36. The summed E-state index contributed by atoms with van der Waals surface area (Å²) in [6.07, 6.45) is 2.53. The minimum absolute atomic E-state index is 0.220. The number of esters is 2. The van der Waals surface area contributed by atoms with E-state index in [9.17, 15) is 9.59 Å². The molecule has 0 saturated carbocycles. The van der Waals surface area contributed by atoms with Crippen molar-refractivity contribution in [1.29, 1.82) is 0 Å². The van der Waals surface area contributed by atoms with Crippen molar-refractivity contribution < 1.29 is 23.8 Å². The second-order valence-corrected chi connectivity index (χ2v) is 4.82. The van der Waals surface area contributed by atoms with Crippen LogP contribution >= 0.6 is 0 Å². The summed E-state index contributed by atoms with van der Waals surface area (Å²) in [5, 5.41) is 0. The van der Waals surface area contributed by atoms with Crippen LogP contribution in [0.1, 0.15) is 25.0 Å². The van der Waals surface area contributed by atoms with Gasteiger partial charge in [0.2, 0.25) is 0 Å². The summed E-state index contributed by atoms with van der Waals surface area (Å²) in [6, 6.07) is 5.58. The molecule has 1 aromatic rings. The molecule has 118 valence electrons. The number of carbonyl (C=O) groups is 2. The number of fused-ring (bicyclic) bond motifs is 1. The summed E-state index contributed by atoms with van der Waals surface area (Å²) < 4.78 is 15.3. The monoisotopic (exact) mass is 304 g/mol. The summed E-state index contributed by atoms with van der Waals surface area (Å²) in [7, 11) is 1.60. The van der Waals surface area contributed by atoms with Crippen LogP contribution < -0.4 is 4.74 Å². The molecule has 2 rings (SSSR count). The number of ether oxygens (including phenoxy) is 3. The van der Waals surface area contributed by atoms with Crippen LogP contribution in [0, 0.1) is 5.92 Å². The summed E-state index contributed by atoms with van der Waals surface area (Å²) in [5.41, 5.74) is 2.54. The Labute approximate surface area is 129 Å². The maximum Gasteiger partial charge on any atom is 0.324 e. The smallest absolute Gasteiger partial charge is 0.324 e. The summed E-state index contributed by atoms with van der Waals surface area (Å²) in [6.45, 7) is 3.86. The molecule has 0 aliphatic heterocycles. The first kappa shape index (κ1) is 16.1. The number of rotatable bonds is 6. The predicted octanol–water partition coefficient (Wildman–Crippen LogP) is 2.38. The van der Waals surface area contributed by atoms with Crippen LogP contribution in [-0.2, 0) is 25.5 Å². The Morgan fingerprint density at radius 3 is 2.32 bits per heavy atom. The molecule has 0 saturated heterocycles. The zero-order valence-electron chi connectivity index (χ0n) is 13.0. The fourth-order valence-electron chi connectivity index (χ4n) is 2.55. The van der Waals surface area contributed by atoms with E-state index in [4.69, 9.17) is 14.2 Å². The lowest BCUT2D eigenvalue weighted by molar-refractivity contribution is -0.158. The first-order valence-electron chi connectivity index (χ1n) is 7.32. The summed E-state index contributed by atoms with van der Waals surface area (Å²) in [5.74, 6) is -1.43. The molecule has 0 N–H and O–H groups in total. The first-order chi connectivity index (χ1) is 10.6. The fourth-order valence-corrected chi connectivity index (χ4v) is 2.55. The molecular formula is C17H20O5.